The first kappa shape index (κ1) is 10.3. The van der Waals surface area contributed by atoms with Crippen molar-refractivity contribution in [2.75, 3.05) is 17.7 Å². The number of nitrogens with two attached hydrogens (primary N) is 1. The van der Waals surface area contributed by atoms with Gasteiger partial charge in [-0.3, -0.25) is 4.79 Å². The standard InChI is InChI=1S/C9H13N3O2/c1-3-14-8-5-11-9(4-7(8)10)12-6(2)13/h4-5H,3H2,1-2H3,(H3,10,11,12,13). The molecule has 0 saturated carbocycles. The van der Waals surface area contributed by atoms with Gasteiger partial charge in [0, 0.05) is 13.0 Å². The molecule has 0 aliphatic rings. The van der Waals surface area contributed by atoms with Gasteiger partial charge in [-0.05, 0) is 6.92 Å². The first-order chi connectivity index (χ1) is 6.63. The Morgan fingerprint density at radius 3 is 2.93 bits per heavy atom. The Morgan fingerprint density at radius 1 is 1.71 bits per heavy atom. The van der Waals surface area contributed by atoms with Crippen molar-refractivity contribution in [1.29, 1.82) is 0 Å². The van der Waals surface area contributed by atoms with Crippen LogP contribution in [0.5, 0.6) is 5.75 Å². The van der Waals surface area contributed by atoms with Crippen LogP contribution >= 0.6 is 0 Å². The van der Waals surface area contributed by atoms with Crippen LogP contribution in [-0.4, -0.2) is 17.5 Å². The number of pyridine rings is 1. The molecule has 1 aromatic rings. The first-order valence-electron chi connectivity index (χ1n) is 4.29. The Hall–Kier alpha value is -1.78. The fourth-order valence-electron chi connectivity index (χ4n) is 0.983. The van der Waals surface area contributed by atoms with Crippen LogP contribution in [0.3, 0.4) is 0 Å². The van der Waals surface area contributed by atoms with E-state index >= 15 is 0 Å². The molecule has 5 heteroatoms. The average molecular weight is 195 g/mol. The van der Waals surface area contributed by atoms with E-state index in [1.165, 1.54) is 13.1 Å². The number of rotatable bonds is 3. The van der Waals surface area contributed by atoms with E-state index in [0.29, 0.717) is 23.9 Å². The van der Waals surface area contributed by atoms with Crippen LogP contribution in [0, 0.1) is 0 Å². The highest BCUT2D eigenvalue weighted by molar-refractivity contribution is 5.88. The number of nitrogens with zero attached hydrogens (tertiary/aromatic N) is 1. The van der Waals surface area contributed by atoms with Crippen LogP contribution in [0.2, 0.25) is 0 Å². The van der Waals surface area contributed by atoms with Crippen molar-refractivity contribution < 1.29 is 9.53 Å². The molecule has 0 radical (unpaired) electrons. The Balaban J connectivity index is 2.83. The molecular weight excluding hydrogens is 182 g/mol. The van der Waals surface area contributed by atoms with Gasteiger partial charge in [-0.1, -0.05) is 0 Å². The number of hydrogen-bond acceptors (Lipinski definition) is 4. The lowest BCUT2D eigenvalue weighted by molar-refractivity contribution is -0.114. The van der Waals surface area contributed by atoms with Crippen molar-refractivity contribution in [3.63, 3.8) is 0 Å². The lowest BCUT2D eigenvalue weighted by Crippen LogP contribution is -2.08. The zero-order valence-corrected chi connectivity index (χ0v) is 8.20. The number of hydrogen-bond donors (Lipinski definition) is 2. The van der Waals surface area contributed by atoms with Gasteiger partial charge in [-0.15, -0.1) is 0 Å². The zero-order chi connectivity index (χ0) is 10.6. The van der Waals surface area contributed by atoms with Gasteiger partial charge in [-0.25, -0.2) is 4.98 Å². The Kier molecular flexibility index (Phi) is 3.28. The maximum absolute atomic E-state index is 10.7. The fourth-order valence-corrected chi connectivity index (χ4v) is 0.983. The van der Waals surface area contributed by atoms with Crippen molar-refractivity contribution in [3.8, 4) is 5.75 Å². The molecule has 0 spiro atoms. The van der Waals surface area contributed by atoms with Gasteiger partial charge >= 0.3 is 0 Å². The molecule has 1 heterocycles. The Labute approximate surface area is 82.3 Å². The molecule has 1 rings (SSSR count). The minimum Gasteiger partial charge on any atom is -0.490 e. The van der Waals surface area contributed by atoms with E-state index in [1.807, 2.05) is 6.92 Å². The molecule has 0 aliphatic carbocycles. The lowest BCUT2D eigenvalue weighted by atomic mass is 10.3. The van der Waals surface area contributed by atoms with Gasteiger partial charge in [0.2, 0.25) is 5.91 Å². The van der Waals surface area contributed by atoms with Crippen molar-refractivity contribution in [2.24, 2.45) is 0 Å². The molecule has 3 N–H and O–H groups in total. The van der Waals surface area contributed by atoms with Gasteiger partial charge in [-0.2, -0.15) is 0 Å². The minimum atomic E-state index is -0.180. The largest absolute Gasteiger partial charge is 0.490 e. The molecular formula is C9H13N3O2. The minimum absolute atomic E-state index is 0.180. The number of aromatic nitrogens is 1. The van der Waals surface area contributed by atoms with Gasteiger partial charge < -0.3 is 15.8 Å². The molecule has 0 aliphatic heterocycles. The van der Waals surface area contributed by atoms with Gasteiger partial charge in [0.1, 0.15) is 5.82 Å². The van der Waals surface area contributed by atoms with Crippen LogP contribution in [0.1, 0.15) is 13.8 Å². The second kappa shape index (κ2) is 4.45. The van der Waals surface area contributed by atoms with Gasteiger partial charge in [0.05, 0.1) is 18.5 Å². The summed E-state index contributed by atoms with van der Waals surface area (Å²) in [5.74, 6) is 0.779. The van der Waals surface area contributed by atoms with Crippen LogP contribution in [0.4, 0.5) is 11.5 Å². The third kappa shape index (κ3) is 2.62. The number of amides is 1. The molecule has 0 unspecified atom stereocenters. The highest BCUT2D eigenvalue weighted by Crippen LogP contribution is 2.22. The van der Waals surface area contributed by atoms with Gasteiger partial charge in [0.25, 0.3) is 0 Å². The Morgan fingerprint density at radius 2 is 2.43 bits per heavy atom. The van der Waals surface area contributed by atoms with Crippen molar-refractivity contribution in [3.05, 3.63) is 12.3 Å². The van der Waals surface area contributed by atoms with E-state index in [4.69, 9.17) is 10.5 Å². The topological polar surface area (TPSA) is 77.2 Å². The number of carbonyl (C=O) groups is 1. The maximum Gasteiger partial charge on any atom is 0.222 e. The van der Waals surface area contributed by atoms with Crippen LogP contribution < -0.4 is 15.8 Å². The second-order valence-corrected chi connectivity index (χ2v) is 2.72. The number of nitrogen functional groups attached to an aromatic ring is 1. The lowest BCUT2D eigenvalue weighted by Gasteiger charge is -2.07. The highest BCUT2D eigenvalue weighted by atomic mass is 16.5. The number of ether oxygens (including phenoxy) is 1. The molecule has 14 heavy (non-hydrogen) atoms. The van der Waals surface area contributed by atoms with E-state index in [9.17, 15) is 4.79 Å². The van der Waals surface area contributed by atoms with Crippen molar-refractivity contribution in [1.82, 2.24) is 4.98 Å². The van der Waals surface area contributed by atoms with E-state index in [0.717, 1.165) is 0 Å². The normalized spacial score (nSPS) is 9.57. The molecule has 0 aromatic carbocycles. The van der Waals surface area contributed by atoms with Gasteiger partial charge in [0.15, 0.2) is 5.75 Å². The third-order valence-electron chi connectivity index (χ3n) is 1.50. The summed E-state index contributed by atoms with van der Waals surface area (Å²) in [5.41, 5.74) is 6.13. The second-order valence-electron chi connectivity index (χ2n) is 2.72. The molecule has 1 aromatic heterocycles. The predicted octanol–water partition coefficient (Wildman–Crippen LogP) is 1.02. The molecule has 0 bridgehead atoms. The summed E-state index contributed by atoms with van der Waals surface area (Å²) in [7, 11) is 0. The summed E-state index contributed by atoms with van der Waals surface area (Å²) in [5, 5.41) is 2.53. The summed E-state index contributed by atoms with van der Waals surface area (Å²) in [4.78, 5) is 14.7. The summed E-state index contributed by atoms with van der Waals surface area (Å²) < 4.78 is 5.20. The molecule has 0 fully saturated rings. The summed E-state index contributed by atoms with van der Waals surface area (Å²) in [6.07, 6.45) is 1.49. The molecule has 0 saturated heterocycles. The van der Waals surface area contributed by atoms with Crippen LogP contribution in [-0.2, 0) is 4.79 Å². The third-order valence-corrected chi connectivity index (χ3v) is 1.50. The Bertz CT molecular complexity index is 339. The predicted molar refractivity (Wildman–Crippen MR) is 54.1 cm³/mol. The fraction of sp³-hybridized carbons (Fsp3) is 0.333. The zero-order valence-electron chi connectivity index (χ0n) is 8.20. The number of nitrogens with one attached hydrogen (secondary N) is 1. The summed E-state index contributed by atoms with van der Waals surface area (Å²) in [6, 6.07) is 1.56. The number of anilines is 2. The molecule has 1 amide bonds. The molecule has 0 atom stereocenters. The first-order valence-corrected chi connectivity index (χ1v) is 4.29. The summed E-state index contributed by atoms with van der Waals surface area (Å²) in [6.45, 7) is 3.81. The van der Waals surface area contributed by atoms with E-state index < -0.39 is 0 Å². The molecule has 5 nitrogen and oxygen atoms in total. The van der Waals surface area contributed by atoms with Crippen molar-refractivity contribution >= 4 is 17.4 Å². The van der Waals surface area contributed by atoms with E-state index in [1.54, 1.807) is 6.07 Å². The smallest absolute Gasteiger partial charge is 0.222 e. The van der Waals surface area contributed by atoms with Crippen LogP contribution in [0.15, 0.2) is 12.3 Å². The molecule has 76 valence electrons. The number of carbonyl (C=O) groups excluding carboxylic acids is 1. The SMILES string of the molecule is CCOc1cnc(NC(C)=O)cc1N. The average Bonchev–Trinajstić information content (AvgIpc) is 2.09. The summed E-state index contributed by atoms with van der Waals surface area (Å²) >= 11 is 0. The maximum atomic E-state index is 10.7. The highest BCUT2D eigenvalue weighted by Gasteiger charge is 2.03. The van der Waals surface area contributed by atoms with E-state index in [-0.39, 0.29) is 5.91 Å². The van der Waals surface area contributed by atoms with E-state index in [2.05, 4.69) is 10.3 Å². The van der Waals surface area contributed by atoms with Crippen molar-refractivity contribution in [2.45, 2.75) is 13.8 Å². The monoisotopic (exact) mass is 195 g/mol. The van der Waals surface area contributed by atoms with Crippen LogP contribution in [0.25, 0.3) is 0 Å². The quantitative estimate of drug-likeness (QED) is 0.754.